The molecule has 5 rings (SSSR count). The molecule has 6 heteroatoms. The molecule has 2 aliphatic rings. The second-order valence-corrected chi connectivity index (χ2v) is 8.77. The highest BCUT2D eigenvalue weighted by atomic mass is 19.1. The molecule has 0 aromatic heterocycles. The molecule has 0 radical (unpaired) electrons. The fraction of sp³-hybridized carbons (Fsp3) is 0.222. The number of rotatable bonds is 4. The van der Waals surface area contributed by atoms with Gasteiger partial charge < -0.3 is 16.4 Å². The van der Waals surface area contributed by atoms with Crippen LogP contribution in [-0.2, 0) is 24.2 Å². The Kier molecular flexibility index (Phi) is 5.60. The predicted molar refractivity (Wildman–Crippen MR) is 131 cm³/mol. The quantitative estimate of drug-likeness (QED) is 0.401. The Morgan fingerprint density at radius 3 is 2.58 bits per heavy atom. The summed E-state index contributed by atoms with van der Waals surface area (Å²) >= 11 is 0. The van der Waals surface area contributed by atoms with E-state index in [0.717, 1.165) is 60.7 Å². The van der Waals surface area contributed by atoms with Gasteiger partial charge in [0.05, 0.1) is 5.57 Å². The Hall–Kier alpha value is -3.64. The summed E-state index contributed by atoms with van der Waals surface area (Å²) in [4.78, 5) is 14.9. The van der Waals surface area contributed by atoms with Crippen molar-refractivity contribution in [2.24, 2.45) is 0 Å². The fourth-order valence-corrected chi connectivity index (χ4v) is 4.69. The molecule has 1 amide bonds. The Morgan fingerprint density at radius 2 is 1.79 bits per heavy atom. The number of carbonyl (C=O) groups excluding carboxylic acids is 1. The highest BCUT2D eigenvalue weighted by molar-refractivity contribution is 6.32. The number of amides is 1. The number of fused-ring (bicyclic) bond motifs is 2. The Labute approximate surface area is 193 Å². The average molecular weight is 443 g/mol. The highest BCUT2D eigenvalue weighted by Gasteiger charge is 2.26. The smallest absolute Gasteiger partial charge is 0.258 e. The van der Waals surface area contributed by atoms with Gasteiger partial charge in [-0.15, -0.1) is 0 Å². The molecule has 0 atom stereocenters. The first-order valence-electron chi connectivity index (χ1n) is 11.2. The van der Waals surface area contributed by atoms with Gasteiger partial charge in [-0.25, -0.2) is 4.39 Å². The summed E-state index contributed by atoms with van der Waals surface area (Å²) in [5.74, 6) is -0.281. The maximum Gasteiger partial charge on any atom is 0.258 e. The first-order chi connectivity index (χ1) is 16.0. The third-order valence-electron chi connectivity index (χ3n) is 6.42. The number of nitrogen functional groups attached to an aromatic ring is 1. The lowest BCUT2D eigenvalue weighted by molar-refractivity contribution is -0.110. The number of nitrogens with two attached hydrogens (primary N) is 1. The van der Waals surface area contributed by atoms with Gasteiger partial charge in [-0.2, -0.15) is 0 Å². The van der Waals surface area contributed by atoms with Crippen LogP contribution in [0.1, 0.15) is 29.2 Å². The van der Waals surface area contributed by atoms with E-state index >= 15 is 0 Å². The number of nitrogens with one attached hydrogen (secondary N) is 2. The molecule has 3 aromatic rings. The first-order valence-corrected chi connectivity index (χ1v) is 11.2. The van der Waals surface area contributed by atoms with Crippen LogP contribution in [0.25, 0.3) is 5.57 Å². The third-order valence-corrected chi connectivity index (χ3v) is 6.42. The van der Waals surface area contributed by atoms with Crippen LogP contribution >= 0.6 is 0 Å². The normalized spacial score (nSPS) is 17.1. The number of hydrogen-bond acceptors (Lipinski definition) is 4. The lowest BCUT2D eigenvalue weighted by Gasteiger charge is -2.20. The van der Waals surface area contributed by atoms with E-state index in [-0.39, 0.29) is 11.7 Å². The van der Waals surface area contributed by atoms with E-state index < -0.39 is 0 Å². The van der Waals surface area contributed by atoms with Crippen LogP contribution in [0.2, 0.25) is 0 Å². The molecule has 168 valence electrons. The minimum absolute atomic E-state index is 0.126. The molecular weight excluding hydrogens is 415 g/mol. The predicted octanol–water partition coefficient (Wildman–Crippen LogP) is 4.80. The topological polar surface area (TPSA) is 70.4 Å². The molecule has 0 spiro atoms. The van der Waals surface area contributed by atoms with Crippen LogP contribution in [0.15, 0.2) is 66.4 Å². The second kappa shape index (κ2) is 8.71. The van der Waals surface area contributed by atoms with Crippen molar-refractivity contribution in [3.63, 3.8) is 0 Å². The summed E-state index contributed by atoms with van der Waals surface area (Å²) in [6.45, 7) is 4.63. The van der Waals surface area contributed by atoms with Crippen LogP contribution in [0.3, 0.4) is 0 Å². The highest BCUT2D eigenvalue weighted by Crippen LogP contribution is 2.35. The van der Waals surface area contributed by atoms with Crippen molar-refractivity contribution in [1.29, 1.82) is 0 Å². The number of hydrogen-bond donors (Lipinski definition) is 3. The van der Waals surface area contributed by atoms with Crippen molar-refractivity contribution in [3.05, 3.63) is 94.4 Å². The number of allylic oxidation sites excluding steroid dienone is 1. The van der Waals surface area contributed by atoms with E-state index in [0.29, 0.717) is 11.3 Å². The maximum absolute atomic E-state index is 13.6. The molecule has 5 nitrogen and oxygen atoms in total. The molecule has 4 N–H and O–H groups in total. The van der Waals surface area contributed by atoms with E-state index in [4.69, 9.17) is 5.73 Å². The fourth-order valence-electron chi connectivity index (χ4n) is 4.69. The lowest BCUT2D eigenvalue weighted by atomic mass is 10.0. The van der Waals surface area contributed by atoms with E-state index in [1.54, 1.807) is 18.2 Å². The number of halogens is 1. The largest absolute Gasteiger partial charge is 0.399 e. The molecule has 0 unspecified atom stereocenters. The molecule has 0 fully saturated rings. The van der Waals surface area contributed by atoms with Crippen LogP contribution in [0.4, 0.5) is 21.5 Å². The van der Waals surface area contributed by atoms with E-state index in [2.05, 4.69) is 27.7 Å². The first kappa shape index (κ1) is 21.2. The molecule has 3 aromatic carbocycles. The lowest BCUT2D eigenvalue weighted by Crippen LogP contribution is -2.25. The van der Waals surface area contributed by atoms with Crippen molar-refractivity contribution in [1.82, 2.24) is 4.90 Å². The molecule has 2 heterocycles. The van der Waals surface area contributed by atoms with Crippen molar-refractivity contribution < 1.29 is 9.18 Å². The van der Waals surface area contributed by atoms with Gasteiger partial charge in [0.2, 0.25) is 0 Å². The van der Waals surface area contributed by atoms with Crippen molar-refractivity contribution in [3.8, 4) is 0 Å². The monoisotopic (exact) mass is 442 g/mol. The van der Waals surface area contributed by atoms with Crippen molar-refractivity contribution in [2.45, 2.75) is 26.3 Å². The summed E-state index contributed by atoms with van der Waals surface area (Å²) in [5, 5.41) is 6.25. The van der Waals surface area contributed by atoms with Crippen LogP contribution < -0.4 is 16.4 Å². The van der Waals surface area contributed by atoms with Gasteiger partial charge in [0, 0.05) is 48.0 Å². The summed E-state index contributed by atoms with van der Waals surface area (Å²) < 4.78 is 13.6. The summed E-state index contributed by atoms with van der Waals surface area (Å²) in [7, 11) is 0. The Balaban J connectivity index is 1.26. The van der Waals surface area contributed by atoms with Gasteiger partial charge in [-0.05, 0) is 78.9 Å². The molecule has 0 aliphatic carbocycles. The number of benzene rings is 3. The molecule has 0 saturated heterocycles. The molecule has 0 bridgehead atoms. The SMILES string of the molecule is CC(Nc1ccc(CN2CCc3ccc(F)cc3CC2)cc1)=C1C(=O)Nc2ccc(N)cc21. The molecule has 2 aliphatic heterocycles. The van der Waals surface area contributed by atoms with E-state index in [9.17, 15) is 9.18 Å². The minimum atomic E-state index is -0.155. The molecular formula is C27H27FN4O. The number of carbonyl (C=O) groups is 1. The van der Waals surface area contributed by atoms with Crippen molar-refractivity contribution in [2.75, 3.05) is 29.5 Å². The molecule has 33 heavy (non-hydrogen) atoms. The van der Waals surface area contributed by atoms with Gasteiger partial charge in [0.25, 0.3) is 5.91 Å². The zero-order chi connectivity index (χ0) is 22.9. The van der Waals surface area contributed by atoms with Gasteiger partial charge in [-0.3, -0.25) is 9.69 Å². The average Bonchev–Trinajstić information content (AvgIpc) is 2.99. The third kappa shape index (κ3) is 4.47. The summed E-state index contributed by atoms with van der Waals surface area (Å²) in [5.41, 5.74) is 14.1. The maximum atomic E-state index is 13.6. The van der Waals surface area contributed by atoms with Gasteiger partial charge >= 0.3 is 0 Å². The molecule has 0 saturated carbocycles. The van der Waals surface area contributed by atoms with E-state index in [1.165, 1.54) is 11.1 Å². The zero-order valence-electron chi connectivity index (χ0n) is 18.6. The minimum Gasteiger partial charge on any atom is -0.399 e. The van der Waals surface area contributed by atoms with Crippen LogP contribution in [0, 0.1) is 5.82 Å². The number of nitrogens with zero attached hydrogens (tertiary/aromatic N) is 1. The van der Waals surface area contributed by atoms with Crippen LogP contribution in [0.5, 0.6) is 0 Å². The van der Waals surface area contributed by atoms with Gasteiger partial charge in [-0.1, -0.05) is 18.2 Å². The Bertz CT molecular complexity index is 1250. The summed E-state index contributed by atoms with van der Waals surface area (Å²) in [6, 6.07) is 18.9. The second-order valence-electron chi connectivity index (χ2n) is 8.77. The standard InChI is InChI=1S/C27H27FN4O/c1-17(26-24-15-22(29)6-9-25(24)31-27(26)33)30-23-7-2-18(3-8-23)16-32-12-10-19-4-5-21(28)14-20(19)11-13-32/h2-9,14-15,30H,10-13,16,29H2,1H3,(H,31,33). The van der Waals surface area contributed by atoms with Gasteiger partial charge in [0.1, 0.15) is 5.82 Å². The van der Waals surface area contributed by atoms with E-state index in [1.807, 2.05) is 37.3 Å². The van der Waals surface area contributed by atoms with Crippen molar-refractivity contribution >= 4 is 28.5 Å². The Morgan fingerprint density at radius 1 is 1.03 bits per heavy atom. The number of anilines is 3. The summed E-state index contributed by atoms with van der Waals surface area (Å²) in [6.07, 6.45) is 1.81. The van der Waals surface area contributed by atoms with Crippen LogP contribution in [-0.4, -0.2) is 23.9 Å². The zero-order valence-corrected chi connectivity index (χ0v) is 18.6. The van der Waals surface area contributed by atoms with Gasteiger partial charge in [0.15, 0.2) is 0 Å².